The molecule has 1 aromatic carbocycles. The van der Waals surface area contributed by atoms with Crippen molar-refractivity contribution in [2.75, 3.05) is 6.26 Å². The van der Waals surface area contributed by atoms with E-state index in [0.717, 1.165) is 0 Å². The first-order valence-electron chi connectivity index (χ1n) is 3.66. The van der Waals surface area contributed by atoms with E-state index in [-0.39, 0.29) is 11.5 Å². The molecule has 0 aliphatic rings. The standard InChI is InChI=1S/C9H11NO2S/c1-13-5-7(10)6-2-3-8(11)9(12)4-6/h2-5,11-12H,10H2,1H3/b7-5-. The summed E-state index contributed by atoms with van der Waals surface area (Å²) < 4.78 is 0. The van der Waals surface area contributed by atoms with Crippen LogP contribution >= 0.6 is 11.8 Å². The molecule has 0 saturated carbocycles. The quantitative estimate of drug-likeness (QED) is 0.631. The predicted molar refractivity (Wildman–Crippen MR) is 55.5 cm³/mol. The summed E-state index contributed by atoms with van der Waals surface area (Å²) in [7, 11) is 0. The highest BCUT2D eigenvalue weighted by atomic mass is 32.2. The normalized spacial score (nSPS) is 11.6. The summed E-state index contributed by atoms with van der Waals surface area (Å²) in [4.78, 5) is 0. The Labute approximate surface area is 80.9 Å². The van der Waals surface area contributed by atoms with Gasteiger partial charge in [-0.2, -0.15) is 0 Å². The van der Waals surface area contributed by atoms with Crippen molar-refractivity contribution in [3.05, 3.63) is 29.2 Å². The Morgan fingerprint density at radius 1 is 1.38 bits per heavy atom. The number of phenolic OH excluding ortho intramolecular Hbond substituents is 2. The molecule has 0 amide bonds. The second kappa shape index (κ2) is 4.09. The van der Waals surface area contributed by atoms with Crippen LogP contribution in [-0.4, -0.2) is 16.5 Å². The van der Waals surface area contributed by atoms with Gasteiger partial charge < -0.3 is 15.9 Å². The van der Waals surface area contributed by atoms with E-state index in [1.165, 1.54) is 23.9 Å². The number of rotatable bonds is 2. The maximum absolute atomic E-state index is 9.18. The van der Waals surface area contributed by atoms with Gasteiger partial charge in [0.15, 0.2) is 11.5 Å². The maximum Gasteiger partial charge on any atom is 0.158 e. The highest BCUT2D eigenvalue weighted by Gasteiger charge is 2.01. The lowest BCUT2D eigenvalue weighted by atomic mass is 10.1. The molecule has 70 valence electrons. The van der Waals surface area contributed by atoms with E-state index in [4.69, 9.17) is 10.8 Å². The SMILES string of the molecule is CS/C=C(\N)c1ccc(O)c(O)c1. The molecule has 3 nitrogen and oxygen atoms in total. The monoisotopic (exact) mass is 197 g/mol. The summed E-state index contributed by atoms with van der Waals surface area (Å²) >= 11 is 1.48. The second-order valence-corrected chi connectivity index (χ2v) is 3.22. The molecule has 0 radical (unpaired) electrons. The molecule has 0 saturated heterocycles. The zero-order chi connectivity index (χ0) is 9.84. The van der Waals surface area contributed by atoms with E-state index in [9.17, 15) is 5.11 Å². The van der Waals surface area contributed by atoms with Gasteiger partial charge in [0.1, 0.15) is 0 Å². The van der Waals surface area contributed by atoms with Crippen LogP contribution in [0.25, 0.3) is 5.70 Å². The van der Waals surface area contributed by atoms with Gasteiger partial charge in [0.2, 0.25) is 0 Å². The zero-order valence-electron chi connectivity index (χ0n) is 7.19. The van der Waals surface area contributed by atoms with Crippen molar-refractivity contribution < 1.29 is 10.2 Å². The molecule has 13 heavy (non-hydrogen) atoms. The van der Waals surface area contributed by atoms with Gasteiger partial charge >= 0.3 is 0 Å². The summed E-state index contributed by atoms with van der Waals surface area (Å²) in [6.45, 7) is 0. The lowest BCUT2D eigenvalue weighted by Gasteiger charge is -2.02. The van der Waals surface area contributed by atoms with Crippen molar-refractivity contribution in [2.45, 2.75) is 0 Å². The molecule has 4 N–H and O–H groups in total. The Morgan fingerprint density at radius 3 is 2.62 bits per heavy atom. The third kappa shape index (κ3) is 2.32. The molecule has 1 aromatic rings. The Balaban J connectivity index is 3.04. The van der Waals surface area contributed by atoms with Gasteiger partial charge in [0.05, 0.1) is 0 Å². The molecule has 4 heteroatoms. The molecule has 0 heterocycles. The van der Waals surface area contributed by atoms with E-state index < -0.39 is 0 Å². The summed E-state index contributed by atoms with van der Waals surface area (Å²) in [5, 5.41) is 20.0. The van der Waals surface area contributed by atoms with Crippen LogP contribution in [0.3, 0.4) is 0 Å². The summed E-state index contributed by atoms with van der Waals surface area (Å²) in [5.74, 6) is -0.296. The molecule has 0 bridgehead atoms. The fourth-order valence-electron chi connectivity index (χ4n) is 0.898. The van der Waals surface area contributed by atoms with E-state index >= 15 is 0 Å². The van der Waals surface area contributed by atoms with Crippen molar-refractivity contribution in [1.29, 1.82) is 0 Å². The molecule has 0 spiro atoms. The first-order valence-corrected chi connectivity index (χ1v) is 4.94. The minimum atomic E-state index is -0.157. The Hall–Kier alpha value is -1.29. The van der Waals surface area contributed by atoms with Crippen molar-refractivity contribution >= 4 is 17.5 Å². The number of hydrogen-bond donors (Lipinski definition) is 3. The van der Waals surface area contributed by atoms with Crippen molar-refractivity contribution in [2.24, 2.45) is 5.73 Å². The number of benzene rings is 1. The van der Waals surface area contributed by atoms with E-state index in [0.29, 0.717) is 11.3 Å². The first-order chi connectivity index (χ1) is 6.15. The van der Waals surface area contributed by atoms with Crippen molar-refractivity contribution in [1.82, 2.24) is 0 Å². The Kier molecular flexibility index (Phi) is 3.08. The number of aromatic hydroxyl groups is 2. The minimum absolute atomic E-state index is 0.138. The van der Waals surface area contributed by atoms with Crippen LogP contribution in [0.15, 0.2) is 23.6 Å². The average molecular weight is 197 g/mol. The van der Waals surface area contributed by atoms with Gasteiger partial charge in [0, 0.05) is 11.3 Å². The summed E-state index contributed by atoms with van der Waals surface area (Å²) in [6, 6.07) is 4.49. The number of nitrogens with two attached hydrogens (primary N) is 1. The van der Waals surface area contributed by atoms with Gasteiger partial charge in [-0.05, 0) is 29.9 Å². The first kappa shape index (κ1) is 9.80. The smallest absolute Gasteiger partial charge is 0.158 e. The zero-order valence-corrected chi connectivity index (χ0v) is 8.01. The molecule has 0 aromatic heterocycles. The topological polar surface area (TPSA) is 66.5 Å². The fraction of sp³-hybridized carbons (Fsp3) is 0.111. The Morgan fingerprint density at radius 2 is 2.08 bits per heavy atom. The second-order valence-electron chi connectivity index (χ2n) is 2.51. The highest BCUT2D eigenvalue weighted by Crippen LogP contribution is 2.27. The number of hydrogen-bond acceptors (Lipinski definition) is 4. The third-order valence-electron chi connectivity index (χ3n) is 1.55. The average Bonchev–Trinajstić information content (AvgIpc) is 2.10. The van der Waals surface area contributed by atoms with Crippen LogP contribution < -0.4 is 5.73 Å². The van der Waals surface area contributed by atoms with Gasteiger partial charge in [0.25, 0.3) is 0 Å². The van der Waals surface area contributed by atoms with E-state index in [1.807, 2.05) is 6.26 Å². The van der Waals surface area contributed by atoms with Gasteiger partial charge in [-0.25, -0.2) is 0 Å². The highest BCUT2D eigenvalue weighted by molar-refractivity contribution is 8.01. The number of thioether (sulfide) groups is 1. The van der Waals surface area contributed by atoms with Gasteiger partial charge in [-0.3, -0.25) is 0 Å². The van der Waals surface area contributed by atoms with Crippen LogP contribution in [0.1, 0.15) is 5.56 Å². The molecule has 0 unspecified atom stereocenters. The summed E-state index contributed by atoms with van der Waals surface area (Å²) in [5.41, 5.74) is 6.94. The van der Waals surface area contributed by atoms with Crippen LogP contribution in [0.5, 0.6) is 11.5 Å². The lowest BCUT2D eigenvalue weighted by molar-refractivity contribution is 0.403. The van der Waals surface area contributed by atoms with Gasteiger partial charge in [-0.1, -0.05) is 0 Å². The van der Waals surface area contributed by atoms with E-state index in [2.05, 4.69) is 0 Å². The van der Waals surface area contributed by atoms with Crippen LogP contribution in [0.4, 0.5) is 0 Å². The minimum Gasteiger partial charge on any atom is -0.504 e. The number of phenols is 2. The van der Waals surface area contributed by atoms with Crippen molar-refractivity contribution in [3.8, 4) is 11.5 Å². The van der Waals surface area contributed by atoms with E-state index in [1.54, 1.807) is 11.5 Å². The largest absolute Gasteiger partial charge is 0.504 e. The molecule has 0 aliphatic carbocycles. The predicted octanol–water partition coefficient (Wildman–Crippen LogP) is 1.72. The van der Waals surface area contributed by atoms with Crippen LogP contribution in [0, 0.1) is 0 Å². The molecule has 0 atom stereocenters. The molecule has 0 aliphatic heterocycles. The van der Waals surface area contributed by atoms with Crippen LogP contribution in [-0.2, 0) is 0 Å². The molecular formula is C9H11NO2S. The molecule has 1 rings (SSSR count). The molecular weight excluding hydrogens is 186 g/mol. The lowest BCUT2D eigenvalue weighted by Crippen LogP contribution is -1.94. The van der Waals surface area contributed by atoms with Crippen LogP contribution in [0.2, 0.25) is 0 Å². The molecule has 0 fully saturated rings. The van der Waals surface area contributed by atoms with Gasteiger partial charge in [-0.15, -0.1) is 11.8 Å². The maximum atomic E-state index is 9.18. The van der Waals surface area contributed by atoms with Crippen molar-refractivity contribution in [3.63, 3.8) is 0 Å². The Bertz CT molecular complexity index is 336. The summed E-state index contributed by atoms with van der Waals surface area (Å²) in [6.07, 6.45) is 1.90. The fourth-order valence-corrected chi connectivity index (χ4v) is 1.29. The third-order valence-corrected chi connectivity index (χ3v) is 2.04.